The zero-order chi connectivity index (χ0) is 12.2. The molecular formula is C12H19N3O. The molecule has 4 heteroatoms. The van der Waals surface area contributed by atoms with Crippen LogP contribution in [0.25, 0.3) is 0 Å². The second-order valence-electron chi connectivity index (χ2n) is 4.97. The number of nitrogens with two attached hydrogens (primary N) is 1. The largest absolute Gasteiger partial charge is 0.352 e. The molecule has 0 radical (unpaired) electrons. The van der Waals surface area contributed by atoms with Gasteiger partial charge in [0, 0.05) is 17.8 Å². The Kier molecular flexibility index (Phi) is 3.90. The molecule has 0 spiro atoms. The van der Waals surface area contributed by atoms with Crippen molar-refractivity contribution in [2.75, 3.05) is 12.0 Å². The second kappa shape index (κ2) is 4.99. The number of carbonyl (C=O) groups excluding carboxylic acids is 1. The molecule has 0 fully saturated rings. The van der Waals surface area contributed by atoms with Crippen molar-refractivity contribution in [3.63, 3.8) is 0 Å². The molecule has 0 unspecified atom stereocenters. The van der Waals surface area contributed by atoms with E-state index in [4.69, 9.17) is 5.84 Å². The lowest BCUT2D eigenvalue weighted by atomic mass is 9.97. The first kappa shape index (κ1) is 12.5. The average Bonchev–Trinajstić information content (AvgIpc) is 2.25. The van der Waals surface area contributed by atoms with Crippen molar-refractivity contribution >= 4 is 11.6 Å². The molecule has 0 saturated heterocycles. The Hall–Kier alpha value is -1.55. The zero-order valence-corrected chi connectivity index (χ0v) is 10.0. The lowest BCUT2D eigenvalue weighted by Crippen LogP contribution is -2.32. The van der Waals surface area contributed by atoms with Gasteiger partial charge in [0.1, 0.15) is 0 Å². The van der Waals surface area contributed by atoms with Gasteiger partial charge in [-0.15, -0.1) is 0 Å². The molecule has 0 aliphatic rings. The van der Waals surface area contributed by atoms with Crippen LogP contribution in [0.15, 0.2) is 24.3 Å². The maximum absolute atomic E-state index is 11.8. The minimum atomic E-state index is -0.0768. The molecule has 0 saturated carbocycles. The minimum absolute atomic E-state index is 0.0768. The third-order valence-electron chi connectivity index (χ3n) is 2.07. The molecule has 0 bridgehead atoms. The van der Waals surface area contributed by atoms with Crippen LogP contribution in [-0.2, 0) is 0 Å². The fourth-order valence-corrected chi connectivity index (χ4v) is 1.20. The number of carbonyl (C=O) groups is 1. The van der Waals surface area contributed by atoms with Gasteiger partial charge in [-0.2, -0.15) is 0 Å². The Morgan fingerprint density at radius 2 is 2.06 bits per heavy atom. The van der Waals surface area contributed by atoms with Gasteiger partial charge >= 0.3 is 0 Å². The minimum Gasteiger partial charge on any atom is -0.352 e. The summed E-state index contributed by atoms with van der Waals surface area (Å²) in [5, 5.41) is 2.88. The Morgan fingerprint density at radius 1 is 1.38 bits per heavy atom. The van der Waals surface area contributed by atoms with Crippen LogP contribution >= 0.6 is 0 Å². The molecule has 0 aromatic heterocycles. The molecule has 4 nitrogen and oxygen atoms in total. The average molecular weight is 221 g/mol. The molecule has 0 heterocycles. The van der Waals surface area contributed by atoms with Gasteiger partial charge in [0.2, 0.25) is 0 Å². The molecule has 1 amide bonds. The van der Waals surface area contributed by atoms with Crippen molar-refractivity contribution < 1.29 is 4.79 Å². The highest BCUT2D eigenvalue weighted by Crippen LogP contribution is 2.12. The quantitative estimate of drug-likeness (QED) is 0.538. The van der Waals surface area contributed by atoms with Crippen LogP contribution in [0.1, 0.15) is 31.1 Å². The van der Waals surface area contributed by atoms with Crippen molar-refractivity contribution in [2.24, 2.45) is 11.3 Å². The van der Waals surface area contributed by atoms with Crippen LogP contribution in [0, 0.1) is 5.41 Å². The summed E-state index contributed by atoms with van der Waals surface area (Å²) >= 11 is 0. The zero-order valence-electron chi connectivity index (χ0n) is 10.0. The topological polar surface area (TPSA) is 67.2 Å². The number of amides is 1. The number of anilines is 1. The number of rotatable bonds is 3. The van der Waals surface area contributed by atoms with Crippen LogP contribution in [0.4, 0.5) is 5.69 Å². The number of benzene rings is 1. The monoisotopic (exact) mass is 221 g/mol. The molecule has 1 rings (SSSR count). The molecule has 1 aromatic rings. The highest BCUT2D eigenvalue weighted by atomic mass is 16.1. The molecule has 88 valence electrons. The van der Waals surface area contributed by atoms with Gasteiger partial charge < -0.3 is 10.7 Å². The first-order valence-electron chi connectivity index (χ1n) is 5.27. The van der Waals surface area contributed by atoms with E-state index in [-0.39, 0.29) is 11.3 Å². The fourth-order valence-electron chi connectivity index (χ4n) is 1.20. The van der Waals surface area contributed by atoms with Crippen LogP contribution < -0.4 is 16.6 Å². The third kappa shape index (κ3) is 3.90. The molecule has 4 N–H and O–H groups in total. The van der Waals surface area contributed by atoms with Crippen LogP contribution in [0.3, 0.4) is 0 Å². The van der Waals surface area contributed by atoms with Gasteiger partial charge in [-0.3, -0.25) is 10.6 Å². The van der Waals surface area contributed by atoms with Gasteiger partial charge in [0.25, 0.3) is 5.91 Å². The molecule has 0 atom stereocenters. The smallest absolute Gasteiger partial charge is 0.251 e. The van der Waals surface area contributed by atoms with Crippen LogP contribution in [-0.4, -0.2) is 12.5 Å². The predicted octanol–water partition coefficient (Wildman–Crippen LogP) is 1.75. The summed E-state index contributed by atoms with van der Waals surface area (Å²) in [5.74, 6) is 5.20. The highest BCUT2D eigenvalue weighted by Gasteiger charge is 2.12. The normalized spacial score (nSPS) is 11.0. The SMILES string of the molecule is CC(C)(C)CNC(=O)c1cccc(NN)c1. The predicted molar refractivity (Wildman–Crippen MR) is 66.0 cm³/mol. The van der Waals surface area contributed by atoms with Gasteiger partial charge in [0.05, 0.1) is 0 Å². The van der Waals surface area contributed by atoms with Crippen molar-refractivity contribution in [1.29, 1.82) is 0 Å². The number of nitrogen functional groups attached to an aromatic ring is 1. The Morgan fingerprint density at radius 3 is 2.62 bits per heavy atom. The van der Waals surface area contributed by atoms with Gasteiger partial charge in [-0.05, 0) is 23.6 Å². The van der Waals surface area contributed by atoms with Crippen molar-refractivity contribution in [3.05, 3.63) is 29.8 Å². The maximum atomic E-state index is 11.8. The Labute approximate surface area is 96.2 Å². The molecule has 1 aromatic carbocycles. The van der Waals surface area contributed by atoms with Gasteiger partial charge in [0.15, 0.2) is 0 Å². The number of hydrogen-bond donors (Lipinski definition) is 3. The summed E-state index contributed by atoms with van der Waals surface area (Å²) in [5.41, 5.74) is 3.93. The molecule has 0 aliphatic carbocycles. The fraction of sp³-hybridized carbons (Fsp3) is 0.417. The summed E-state index contributed by atoms with van der Waals surface area (Å²) in [4.78, 5) is 11.8. The molecular weight excluding hydrogens is 202 g/mol. The van der Waals surface area contributed by atoms with Crippen molar-refractivity contribution in [1.82, 2.24) is 5.32 Å². The Bertz CT molecular complexity index is 369. The number of nitrogens with one attached hydrogen (secondary N) is 2. The van der Waals surface area contributed by atoms with E-state index in [0.29, 0.717) is 12.1 Å². The summed E-state index contributed by atoms with van der Waals surface area (Å²) in [6.45, 7) is 6.87. The van der Waals surface area contributed by atoms with Crippen molar-refractivity contribution in [2.45, 2.75) is 20.8 Å². The lowest BCUT2D eigenvalue weighted by Gasteiger charge is -2.18. The molecule has 0 aliphatic heterocycles. The van der Waals surface area contributed by atoms with E-state index in [0.717, 1.165) is 5.69 Å². The number of hydrazine groups is 1. The highest BCUT2D eigenvalue weighted by molar-refractivity contribution is 5.95. The lowest BCUT2D eigenvalue weighted by molar-refractivity contribution is 0.0939. The van der Waals surface area contributed by atoms with Gasteiger partial charge in [-0.1, -0.05) is 26.8 Å². The van der Waals surface area contributed by atoms with E-state index in [2.05, 4.69) is 31.5 Å². The Balaban J connectivity index is 2.66. The standard InChI is InChI=1S/C12H19N3O/c1-12(2,3)8-14-11(16)9-5-4-6-10(7-9)15-13/h4-7,15H,8,13H2,1-3H3,(H,14,16). The third-order valence-corrected chi connectivity index (χ3v) is 2.07. The van der Waals surface area contributed by atoms with Gasteiger partial charge in [-0.25, -0.2) is 0 Å². The van der Waals surface area contributed by atoms with Crippen LogP contribution in [0.5, 0.6) is 0 Å². The summed E-state index contributed by atoms with van der Waals surface area (Å²) in [7, 11) is 0. The summed E-state index contributed by atoms with van der Waals surface area (Å²) < 4.78 is 0. The molecule has 16 heavy (non-hydrogen) atoms. The summed E-state index contributed by atoms with van der Waals surface area (Å²) in [6, 6.07) is 7.08. The van der Waals surface area contributed by atoms with E-state index in [1.165, 1.54) is 0 Å². The van der Waals surface area contributed by atoms with Crippen LogP contribution in [0.2, 0.25) is 0 Å². The van der Waals surface area contributed by atoms with E-state index in [1.54, 1.807) is 24.3 Å². The maximum Gasteiger partial charge on any atom is 0.251 e. The van der Waals surface area contributed by atoms with E-state index in [1.807, 2.05) is 0 Å². The first-order valence-corrected chi connectivity index (χ1v) is 5.27. The summed E-state index contributed by atoms with van der Waals surface area (Å²) in [6.07, 6.45) is 0. The first-order chi connectivity index (χ1) is 7.42. The van der Waals surface area contributed by atoms with E-state index < -0.39 is 0 Å². The second-order valence-corrected chi connectivity index (χ2v) is 4.97. The van der Waals surface area contributed by atoms with Crippen molar-refractivity contribution in [3.8, 4) is 0 Å². The van der Waals surface area contributed by atoms with E-state index >= 15 is 0 Å². The number of hydrogen-bond acceptors (Lipinski definition) is 3. The van der Waals surface area contributed by atoms with E-state index in [9.17, 15) is 4.79 Å².